The number of aromatic hydroxyl groups is 1. The largest absolute Gasteiger partial charge is 0.508 e. The highest BCUT2D eigenvalue weighted by Gasteiger charge is 2.14. The predicted molar refractivity (Wildman–Crippen MR) is 121 cm³/mol. The highest BCUT2D eigenvalue weighted by Crippen LogP contribution is 2.22. The molecule has 0 atom stereocenters. The Labute approximate surface area is 183 Å². The summed E-state index contributed by atoms with van der Waals surface area (Å²) in [6, 6.07) is 19.6. The van der Waals surface area contributed by atoms with Gasteiger partial charge < -0.3 is 10.4 Å². The fourth-order valence-corrected chi connectivity index (χ4v) is 4.14. The maximum atomic E-state index is 12.4. The van der Waals surface area contributed by atoms with Crippen LogP contribution in [0.5, 0.6) is 5.75 Å². The lowest BCUT2D eigenvalue weighted by atomic mass is 10.0. The fourth-order valence-electron chi connectivity index (χ4n) is 3.02. The number of phenolic OH excluding ortho intramolecular Hbond substituents is 1. The van der Waals surface area contributed by atoms with E-state index in [0.717, 1.165) is 27.8 Å². The van der Waals surface area contributed by atoms with Gasteiger partial charge in [0.1, 0.15) is 5.75 Å². The number of aryl methyl sites for hydroxylation is 2. The van der Waals surface area contributed by atoms with Crippen LogP contribution in [-0.2, 0) is 21.4 Å². The van der Waals surface area contributed by atoms with Gasteiger partial charge in [0.15, 0.2) is 0 Å². The SMILES string of the molecule is Cc1ccc(S(=O)(=O)NCCC(=O)NCc2ccc(-c3ccc(O)cc3)cc2)cc1C. The number of amides is 1. The molecule has 0 aliphatic carbocycles. The molecule has 3 N–H and O–H groups in total. The first-order valence-electron chi connectivity index (χ1n) is 9.96. The molecule has 0 heterocycles. The number of nitrogens with one attached hydrogen (secondary N) is 2. The smallest absolute Gasteiger partial charge is 0.240 e. The van der Waals surface area contributed by atoms with Gasteiger partial charge in [0.2, 0.25) is 15.9 Å². The molecule has 162 valence electrons. The molecular weight excluding hydrogens is 412 g/mol. The number of benzene rings is 3. The number of carbonyl (C=O) groups is 1. The number of rotatable bonds is 8. The Morgan fingerprint density at radius 2 is 1.48 bits per heavy atom. The maximum Gasteiger partial charge on any atom is 0.240 e. The molecule has 31 heavy (non-hydrogen) atoms. The van der Waals surface area contributed by atoms with E-state index in [0.29, 0.717) is 6.54 Å². The van der Waals surface area contributed by atoms with E-state index >= 15 is 0 Å². The first kappa shape index (κ1) is 22.5. The average molecular weight is 439 g/mol. The summed E-state index contributed by atoms with van der Waals surface area (Å²) in [4.78, 5) is 12.3. The van der Waals surface area contributed by atoms with Crippen LogP contribution in [0.1, 0.15) is 23.1 Å². The monoisotopic (exact) mass is 438 g/mol. The van der Waals surface area contributed by atoms with Gasteiger partial charge in [-0.25, -0.2) is 13.1 Å². The Hall–Kier alpha value is -3.16. The molecule has 0 radical (unpaired) electrons. The van der Waals surface area contributed by atoms with E-state index in [4.69, 9.17) is 0 Å². The van der Waals surface area contributed by atoms with E-state index in [9.17, 15) is 18.3 Å². The van der Waals surface area contributed by atoms with Crippen molar-refractivity contribution in [3.63, 3.8) is 0 Å². The average Bonchev–Trinajstić information content (AvgIpc) is 2.75. The summed E-state index contributed by atoms with van der Waals surface area (Å²) < 4.78 is 27.2. The van der Waals surface area contributed by atoms with E-state index in [1.165, 1.54) is 0 Å². The van der Waals surface area contributed by atoms with Gasteiger partial charge in [0.25, 0.3) is 0 Å². The van der Waals surface area contributed by atoms with Crippen LogP contribution in [-0.4, -0.2) is 26.0 Å². The lowest BCUT2D eigenvalue weighted by molar-refractivity contribution is -0.121. The standard InChI is InChI=1S/C24H26N2O4S/c1-17-3-12-23(15-18(17)2)31(29,30)26-14-13-24(28)25-16-19-4-6-20(7-5-19)21-8-10-22(27)11-9-21/h3-12,15,26-27H,13-14,16H2,1-2H3,(H,25,28). The Balaban J connectivity index is 1.46. The molecule has 0 unspecified atom stereocenters. The highest BCUT2D eigenvalue weighted by molar-refractivity contribution is 7.89. The lowest BCUT2D eigenvalue weighted by Crippen LogP contribution is -2.30. The van der Waals surface area contributed by atoms with Crippen LogP contribution >= 0.6 is 0 Å². The molecule has 1 amide bonds. The molecule has 7 heteroatoms. The first-order chi connectivity index (χ1) is 14.7. The number of hydrogen-bond donors (Lipinski definition) is 3. The number of phenols is 1. The van der Waals surface area contributed by atoms with Crippen LogP contribution in [0.25, 0.3) is 11.1 Å². The predicted octanol–water partition coefficient (Wildman–Crippen LogP) is 3.66. The molecule has 0 aliphatic heterocycles. The van der Waals surface area contributed by atoms with Gasteiger partial charge in [-0.3, -0.25) is 4.79 Å². The summed E-state index contributed by atoms with van der Waals surface area (Å²) in [7, 11) is -3.64. The van der Waals surface area contributed by atoms with E-state index < -0.39 is 10.0 Å². The first-order valence-corrected chi connectivity index (χ1v) is 11.4. The van der Waals surface area contributed by atoms with Crippen LogP contribution in [0.4, 0.5) is 0 Å². The minimum Gasteiger partial charge on any atom is -0.508 e. The number of carbonyl (C=O) groups excluding carboxylic acids is 1. The van der Waals surface area contributed by atoms with Crippen molar-refractivity contribution in [1.82, 2.24) is 10.0 Å². The van der Waals surface area contributed by atoms with E-state index in [1.807, 2.05) is 50.2 Å². The van der Waals surface area contributed by atoms with Crippen molar-refractivity contribution in [2.45, 2.75) is 31.7 Å². The Bertz CT molecular complexity index is 1160. The molecule has 6 nitrogen and oxygen atoms in total. The van der Waals surface area contributed by atoms with Crippen molar-refractivity contribution < 1.29 is 18.3 Å². The van der Waals surface area contributed by atoms with E-state index in [1.54, 1.807) is 30.3 Å². The molecule has 0 saturated heterocycles. The minimum absolute atomic E-state index is 0.0287. The van der Waals surface area contributed by atoms with Gasteiger partial charge in [0.05, 0.1) is 4.90 Å². The topological polar surface area (TPSA) is 95.5 Å². The third-order valence-electron chi connectivity index (χ3n) is 5.08. The van der Waals surface area contributed by atoms with Gasteiger partial charge in [0, 0.05) is 19.5 Å². The third-order valence-corrected chi connectivity index (χ3v) is 6.54. The van der Waals surface area contributed by atoms with Gasteiger partial charge >= 0.3 is 0 Å². The zero-order valence-electron chi connectivity index (χ0n) is 17.6. The molecular formula is C24H26N2O4S. The zero-order chi connectivity index (χ0) is 22.4. The maximum absolute atomic E-state index is 12.4. The van der Waals surface area contributed by atoms with Crippen molar-refractivity contribution in [2.24, 2.45) is 0 Å². The normalized spacial score (nSPS) is 11.3. The second kappa shape index (κ2) is 9.76. The highest BCUT2D eigenvalue weighted by atomic mass is 32.2. The molecule has 0 spiro atoms. The lowest BCUT2D eigenvalue weighted by Gasteiger charge is -2.09. The molecule has 3 aromatic carbocycles. The Morgan fingerprint density at radius 3 is 2.10 bits per heavy atom. The van der Waals surface area contributed by atoms with Crippen LogP contribution in [0.3, 0.4) is 0 Å². The third kappa shape index (κ3) is 6.16. The molecule has 3 aromatic rings. The Morgan fingerprint density at radius 1 is 0.871 bits per heavy atom. The van der Waals surface area contributed by atoms with Gasteiger partial charge in [-0.15, -0.1) is 0 Å². The number of sulfonamides is 1. The molecule has 3 rings (SSSR count). The van der Waals surface area contributed by atoms with E-state index in [-0.39, 0.29) is 29.5 Å². The summed E-state index contributed by atoms with van der Waals surface area (Å²) >= 11 is 0. The summed E-state index contributed by atoms with van der Waals surface area (Å²) in [6.45, 7) is 4.17. The number of hydrogen-bond acceptors (Lipinski definition) is 4. The second-order valence-electron chi connectivity index (χ2n) is 7.41. The Kier molecular flexibility index (Phi) is 7.09. The minimum atomic E-state index is -3.64. The quantitative estimate of drug-likeness (QED) is 0.500. The van der Waals surface area contributed by atoms with Crippen molar-refractivity contribution in [1.29, 1.82) is 0 Å². The summed E-state index contributed by atoms with van der Waals surface area (Å²) in [5, 5.41) is 12.2. The molecule has 0 aliphatic rings. The van der Waals surface area contributed by atoms with Crippen molar-refractivity contribution >= 4 is 15.9 Å². The molecule has 0 saturated carbocycles. The van der Waals surface area contributed by atoms with Gasteiger partial charge in [-0.2, -0.15) is 0 Å². The van der Waals surface area contributed by atoms with Crippen LogP contribution in [0.15, 0.2) is 71.6 Å². The van der Waals surface area contributed by atoms with Crippen molar-refractivity contribution in [3.8, 4) is 16.9 Å². The molecule has 0 bridgehead atoms. The second-order valence-corrected chi connectivity index (χ2v) is 9.18. The molecule has 0 aromatic heterocycles. The molecule has 0 fully saturated rings. The van der Waals surface area contributed by atoms with Crippen LogP contribution in [0.2, 0.25) is 0 Å². The summed E-state index contributed by atoms with van der Waals surface area (Å²) in [5.74, 6) is -0.00949. The van der Waals surface area contributed by atoms with Crippen molar-refractivity contribution in [2.75, 3.05) is 6.54 Å². The van der Waals surface area contributed by atoms with E-state index in [2.05, 4.69) is 10.0 Å². The van der Waals surface area contributed by atoms with Crippen LogP contribution < -0.4 is 10.0 Å². The summed E-state index contributed by atoms with van der Waals surface area (Å²) in [5.41, 5.74) is 4.86. The summed E-state index contributed by atoms with van der Waals surface area (Å²) in [6.07, 6.45) is 0.0513. The van der Waals surface area contributed by atoms with Gasteiger partial charge in [-0.05, 0) is 65.9 Å². The van der Waals surface area contributed by atoms with Crippen molar-refractivity contribution in [3.05, 3.63) is 83.4 Å². The van der Waals surface area contributed by atoms with Crippen LogP contribution in [0, 0.1) is 13.8 Å². The zero-order valence-corrected chi connectivity index (χ0v) is 18.4. The van der Waals surface area contributed by atoms with Gasteiger partial charge in [-0.1, -0.05) is 42.5 Å². The fraction of sp³-hybridized carbons (Fsp3) is 0.208.